The third-order valence-electron chi connectivity index (χ3n) is 11.1. The molecule has 68 heavy (non-hydrogen) atoms. The Labute approximate surface area is 397 Å². The maximum absolute atomic E-state index is 14.1. The van der Waals surface area contributed by atoms with Crippen molar-refractivity contribution in [3.05, 3.63) is 215 Å². The number of hydrogen-bond donors (Lipinski definition) is 2. The molecule has 1 saturated heterocycles. The average Bonchev–Trinajstić information content (AvgIpc) is 3.38. The predicted molar refractivity (Wildman–Crippen MR) is 253 cm³/mol. The molecule has 1 heterocycles. The number of esters is 1. The Hall–Kier alpha value is -6.71. The van der Waals surface area contributed by atoms with Gasteiger partial charge in [0.15, 0.2) is 6.29 Å². The Bertz CT molecular complexity index is 2380. The fraction of sp³-hybridized carbons (Fsp3) is 0.291. The summed E-state index contributed by atoms with van der Waals surface area (Å²) in [7, 11) is 0. The summed E-state index contributed by atoms with van der Waals surface area (Å²) in [4.78, 5) is 40.5. The van der Waals surface area contributed by atoms with Gasteiger partial charge in [-0.05, 0) is 40.3 Å². The minimum absolute atomic E-state index is 0.0196. The van der Waals surface area contributed by atoms with Gasteiger partial charge in [0.1, 0.15) is 50.2 Å². The van der Waals surface area contributed by atoms with Crippen LogP contribution in [-0.2, 0) is 87.1 Å². The summed E-state index contributed by atoms with van der Waals surface area (Å²) in [6.45, 7) is 2.04. The van der Waals surface area contributed by atoms with Crippen LogP contribution in [0.15, 0.2) is 182 Å². The zero-order chi connectivity index (χ0) is 47.2. The maximum Gasteiger partial charge on any atom is 0.408 e. The minimum Gasteiger partial charge on any atom is -0.460 e. The first kappa shape index (κ1) is 49.2. The number of benzene rings is 6. The summed E-state index contributed by atoms with van der Waals surface area (Å²) in [5.74, 6) is -1.41. The number of amides is 2. The van der Waals surface area contributed by atoms with E-state index in [0.717, 1.165) is 33.4 Å². The largest absolute Gasteiger partial charge is 0.460 e. The van der Waals surface area contributed by atoms with Crippen LogP contribution >= 0.6 is 0 Å². The van der Waals surface area contributed by atoms with Gasteiger partial charge in [-0.25, -0.2) is 4.79 Å². The normalized spacial score (nSPS) is 18.7. The van der Waals surface area contributed by atoms with E-state index in [2.05, 4.69) is 10.6 Å². The molecule has 0 radical (unpaired) electrons. The fourth-order valence-electron chi connectivity index (χ4n) is 7.49. The van der Waals surface area contributed by atoms with E-state index in [1.54, 1.807) is 6.92 Å². The van der Waals surface area contributed by atoms with Crippen molar-refractivity contribution < 1.29 is 52.3 Å². The zero-order valence-corrected chi connectivity index (χ0v) is 38.0. The number of carbonyl (C=O) groups excluding carboxylic acids is 3. The van der Waals surface area contributed by atoms with Crippen molar-refractivity contribution in [1.82, 2.24) is 10.6 Å². The molecule has 7 atom stereocenters. The van der Waals surface area contributed by atoms with Crippen LogP contribution in [0.25, 0.3) is 0 Å². The minimum atomic E-state index is -1.40. The molecular formula is C55H58N2O11. The second kappa shape index (κ2) is 26.6. The van der Waals surface area contributed by atoms with E-state index >= 15 is 0 Å². The zero-order valence-electron chi connectivity index (χ0n) is 38.0. The molecule has 7 rings (SSSR count). The fourth-order valence-corrected chi connectivity index (χ4v) is 7.49. The summed E-state index contributed by atoms with van der Waals surface area (Å²) in [5.41, 5.74) is 5.24. The van der Waals surface area contributed by atoms with Crippen LogP contribution in [0.3, 0.4) is 0 Å². The summed E-state index contributed by atoms with van der Waals surface area (Å²) < 4.78 is 51.3. The average molecular weight is 923 g/mol. The second-order valence-electron chi connectivity index (χ2n) is 16.2. The molecule has 1 aliphatic heterocycles. The molecule has 0 aliphatic carbocycles. The van der Waals surface area contributed by atoms with Crippen LogP contribution in [0, 0.1) is 0 Å². The third kappa shape index (κ3) is 15.7. The van der Waals surface area contributed by atoms with Gasteiger partial charge in [0.05, 0.1) is 39.1 Å². The van der Waals surface area contributed by atoms with E-state index in [9.17, 15) is 14.4 Å². The Morgan fingerprint density at radius 1 is 0.500 bits per heavy atom. The van der Waals surface area contributed by atoms with Crippen molar-refractivity contribution in [2.45, 2.75) is 89.4 Å². The van der Waals surface area contributed by atoms with E-state index in [4.69, 9.17) is 37.9 Å². The molecule has 0 aromatic heterocycles. The summed E-state index contributed by atoms with van der Waals surface area (Å²) in [5, 5.41) is 5.28. The molecule has 2 N–H and O–H groups in total. The predicted octanol–water partition coefficient (Wildman–Crippen LogP) is 8.24. The highest BCUT2D eigenvalue weighted by Crippen LogP contribution is 2.32. The number of carbonyl (C=O) groups is 3. The van der Waals surface area contributed by atoms with Gasteiger partial charge in [-0.3, -0.25) is 9.59 Å². The van der Waals surface area contributed by atoms with Crippen molar-refractivity contribution >= 4 is 18.0 Å². The van der Waals surface area contributed by atoms with Gasteiger partial charge in [-0.15, -0.1) is 0 Å². The van der Waals surface area contributed by atoms with Crippen molar-refractivity contribution in [3.63, 3.8) is 0 Å². The standard InChI is InChI=1S/C55H58N2O11/c1-40(49(57-55(60)66-38-46-30-18-7-19-31-46)53(59)56-32-48(58)62-34-42-22-10-3-11-23-42)67-54-52(65-37-45-28-16-6-17-29-45)51(64-36-44-26-14-5-15-27-44)50(63-35-43-24-12-4-13-25-43)47(68-54)39-61-33-41-20-8-2-9-21-41/h2-31,40,47,49-52,54H,32-39H2,1H3,(H,56,59)(H,57,60)/t40-,47-,49+,50+,51+,52-,54-/m1/s1. The van der Waals surface area contributed by atoms with E-state index in [1.165, 1.54) is 0 Å². The monoisotopic (exact) mass is 922 g/mol. The molecule has 6 aromatic carbocycles. The Morgan fingerprint density at radius 2 is 0.897 bits per heavy atom. The van der Waals surface area contributed by atoms with Crippen LogP contribution < -0.4 is 10.6 Å². The molecule has 0 unspecified atom stereocenters. The van der Waals surface area contributed by atoms with Crippen molar-refractivity contribution in [2.75, 3.05) is 13.2 Å². The van der Waals surface area contributed by atoms with Crippen LogP contribution in [0.5, 0.6) is 0 Å². The lowest BCUT2D eigenvalue weighted by atomic mass is 9.97. The summed E-state index contributed by atoms with van der Waals surface area (Å²) in [6, 6.07) is 55.9. The number of rotatable bonds is 24. The quantitative estimate of drug-likeness (QED) is 0.0566. The van der Waals surface area contributed by atoms with Gasteiger partial charge in [0, 0.05) is 0 Å². The van der Waals surface area contributed by atoms with Gasteiger partial charge in [0.25, 0.3) is 0 Å². The summed E-state index contributed by atoms with van der Waals surface area (Å²) in [6.07, 6.45) is -6.54. The van der Waals surface area contributed by atoms with Gasteiger partial charge in [-0.2, -0.15) is 0 Å². The Kier molecular flexibility index (Phi) is 19.2. The first-order valence-electron chi connectivity index (χ1n) is 22.7. The van der Waals surface area contributed by atoms with Gasteiger partial charge in [-0.1, -0.05) is 182 Å². The topological polar surface area (TPSA) is 149 Å². The number of nitrogens with one attached hydrogen (secondary N) is 2. The highest BCUT2D eigenvalue weighted by atomic mass is 16.7. The maximum atomic E-state index is 14.1. The van der Waals surface area contributed by atoms with E-state index in [0.29, 0.717) is 6.61 Å². The molecule has 2 amide bonds. The molecule has 13 heteroatoms. The Morgan fingerprint density at radius 3 is 1.37 bits per heavy atom. The van der Waals surface area contributed by atoms with E-state index in [-0.39, 0.29) is 39.6 Å². The third-order valence-corrected chi connectivity index (χ3v) is 11.1. The molecule has 6 aromatic rings. The highest BCUT2D eigenvalue weighted by molar-refractivity contribution is 5.88. The van der Waals surface area contributed by atoms with Crippen LogP contribution in [0.2, 0.25) is 0 Å². The lowest BCUT2D eigenvalue weighted by molar-refractivity contribution is -0.336. The van der Waals surface area contributed by atoms with Gasteiger partial charge < -0.3 is 48.5 Å². The number of ether oxygens (including phenoxy) is 8. The van der Waals surface area contributed by atoms with E-state index < -0.39 is 67.4 Å². The molecule has 0 bridgehead atoms. The van der Waals surface area contributed by atoms with E-state index in [1.807, 2.05) is 182 Å². The van der Waals surface area contributed by atoms with Crippen LogP contribution in [0.1, 0.15) is 40.3 Å². The van der Waals surface area contributed by atoms with Crippen LogP contribution in [0.4, 0.5) is 4.79 Å². The highest BCUT2D eigenvalue weighted by Gasteiger charge is 2.50. The van der Waals surface area contributed by atoms with Crippen molar-refractivity contribution in [3.8, 4) is 0 Å². The lowest BCUT2D eigenvalue weighted by Crippen LogP contribution is -2.63. The molecule has 1 aliphatic rings. The molecule has 0 saturated carbocycles. The number of alkyl carbamates (subject to hydrolysis) is 1. The van der Waals surface area contributed by atoms with Crippen LogP contribution in [-0.4, -0.2) is 74.0 Å². The second-order valence-corrected chi connectivity index (χ2v) is 16.2. The smallest absolute Gasteiger partial charge is 0.408 e. The lowest BCUT2D eigenvalue weighted by Gasteiger charge is -2.46. The van der Waals surface area contributed by atoms with Gasteiger partial charge >= 0.3 is 12.1 Å². The number of hydrogen-bond acceptors (Lipinski definition) is 11. The summed E-state index contributed by atoms with van der Waals surface area (Å²) >= 11 is 0. The molecule has 1 fully saturated rings. The Balaban J connectivity index is 1.17. The van der Waals surface area contributed by atoms with Crippen molar-refractivity contribution in [1.29, 1.82) is 0 Å². The first-order chi connectivity index (χ1) is 33.4. The molecule has 354 valence electrons. The first-order valence-corrected chi connectivity index (χ1v) is 22.7. The van der Waals surface area contributed by atoms with Crippen molar-refractivity contribution in [2.24, 2.45) is 0 Å². The van der Waals surface area contributed by atoms with Gasteiger partial charge in [0.2, 0.25) is 5.91 Å². The SMILES string of the molecule is C[C@@H](O[C@@H]1O[C@H](COCc2ccccc2)[C@H](OCc2ccccc2)[C@H](OCc2ccccc2)[C@H]1OCc1ccccc1)[C@H](NC(=O)OCc1ccccc1)C(=O)NCC(=O)OCc1ccccc1. The molecule has 0 spiro atoms. The molecule has 13 nitrogen and oxygen atoms in total. The molecular weight excluding hydrogens is 865 g/mol.